The number of amides is 1. The summed E-state index contributed by atoms with van der Waals surface area (Å²) in [6, 6.07) is 11.6. The average molecular weight is 485 g/mol. The van der Waals surface area contributed by atoms with Gasteiger partial charge in [0, 0.05) is 0 Å². The van der Waals surface area contributed by atoms with Gasteiger partial charge in [-0.15, -0.1) is 0 Å². The number of benzene rings is 2. The Morgan fingerprint density at radius 2 is 2.10 bits per heavy atom. The number of halogens is 1. The van der Waals surface area contributed by atoms with Gasteiger partial charge in [-0.05, 0) is 69.5 Å². The van der Waals surface area contributed by atoms with Crippen LogP contribution in [0, 0.1) is 12.3 Å². The first-order valence-corrected chi connectivity index (χ1v) is 10.6. The third-order valence-corrected chi connectivity index (χ3v) is 5.86. The van der Waals surface area contributed by atoms with E-state index in [4.69, 9.17) is 14.9 Å². The number of carbonyl (C=O) groups excluding carboxylic acids is 1. The summed E-state index contributed by atoms with van der Waals surface area (Å²) in [4.78, 5) is 16.4. The van der Waals surface area contributed by atoms with Crippen LogP contribution in [-0.2, 0) is 11.4 Å². The molecule has 0 radical (unpaired) electrons. The van der Waals surface area contributed by atoms with Gasteiger partial charge in [-0.3, -0.25) is 10.2 Å². The molecular weight excluding hydrogens is 468 g/mol. The lowest BCUT2D eigenvalue weighted by atomic mass is 10.1. The van der Waals surface area contributed by atoms with E-state index in [0.717, 1.165) is 11.1 Å². The van der Waals surface area contributed by atoms with Crippen molar-refractivity contribution in [2.75, 3.05) is 7.11 Å². The molecule has 30 heavy (non-hydrogen) atoms. The van der Waals surface area contributed by atoms with Crippen molar-refractivity contribution in [1.29, 1.82) is 5.41 Å². The van der Waals surface area contributed by atoms with E-state index >= 15 is 0 Å². The van der Waals surface area contributed by atoms with Crippen molar-refractivity contribution in [2.45, 2.75) is 13.5 Å². The predicted octanol–water partition coefficient (Wildman–Crippen LogP) is 4.59. The minimum absolute atomic E-state index is 0.0128. The minimum atomic E-state index is -0.473. The Kier molecular flexibility index (Phi) is 5.74. The van der Waals surface area contributed by atoms with Gasteiger partial charge in [0.15, 0.2) is 22.5 Å². The Bertz CT molecular complexity index is 1140. The number of rotatable bonds is 5. The highest BCUT2D eigenvalue weighted by Crippen LogP contribution is 2.38. The molecule has 0 spiro atoms. The fourth-order valence-electron chi connectivity index (χ4n) is 2.99. The molecule has 0 aromatic heterocycles. The first-order valence-electron chi connectivity index (χ1n) is 8.95. The van der Waals surface area contributed by atoms with Gasteiger partial charge in [0.25, 0.3) is 5.91 Å². The van der Waals surface area contributed by atoms with Crippen molar-refractivity contribution in [1.82, 2.24) is 5.01 Å². The number of nitrogens with one attached hydrogen (secondary N) is 1. The Labute approximate surface area is 186 Å². The van der Waals surface area contributed by atoms with Crippen LogP contribution < -0.4 is 9.47 Å². The zero-order chi connectivity index (χ0) is 21.3. The Morgan fingerprint density at radius 3 is 2.87 bits per heavy atom. The summed E-state index contributed by atoms with van der Waals surface area (Å²) >= 11 is 4.74. The third-order valence-electron chi connectivity index (χ3n) is 4.59. The first-order chi connectivity index (χ1) is 14.5. The quantitative estimate of drug-likeness (QED) is 0.626. The second-order valence-electron chi connectivity index (χ2n) is 6.51. The van der Waals surface area contributed by atoms with Crippen molar-refractivity contribution in [3.63, 3.8) is 0 Å². The standard InChI is InChI=1S/C21H17BrN4O3S/c1-12-5-3-4-6-14(12)10-29-18-16(22)8-13(9-17(18)28-2)7-15-19(23)26-21(25-20(15)27)30-11-24-26/h3-9,11,23H,10H2,1-2H3/b15-7+,23-19?. The van der Waals surface area contributed by atoms with E-state index in [1.807, 2.05) is 37.3 Å². The maximum Gasteiger partial charge on any atom is 0.283 e. The van der Waals surface area contributed by atoms with Crippen molar-refractivity contribution in [3.05, 3.63) is 63.1 Å². The molecule has 2 heterocycles. The summed E-state index contributed by atoms with van der Waals surface area (Å²) in [5.74, 6) is 0.591. The van der Waals surface area contributed by atoms with Crippen LogP contribution in [0.15, 0.2) is 56.5 Å². The smallest absolute Gasteiger partial charge is 0.283 e. The molecule has 7 nitrogen and oxygen atoms in total. The Balaban J connectivity index is 1.63. The van der Waals surface area contributed by atoms with Crippen LogP contribution in [0.3, 0.4) is 0 Å². The first kappa shape index (κ1) is 20.4. The lowest BCUT2D eigenvalue weighted by molar-refractivity contribution is -0.114. The van der Waals surface area contributed by atoms with Gasteiger partial charge in [-0.25, -0.2) is 0 Å². The largest absolute Gasteiger partial charge is 0.493 e. The molecule has 2 aliphatic heterocycles. The molecule has 152 valence electrons. The molecule has 2 aromatic rings. The Hall–Kier alpha value is -2.91. The van der Waals surface area contributed by atoms with E-state index in [1.54, 1.807) is 24.8 Å². The summed E-state index contributed by atoms with van der Waals surface area (Å²) in [6.07, 6.45) is 1.60. The molecule has 2 aliphatic rings. The number of thioether (sulfide) groups is 1. The topological polar surface area (TPSA) is 87.3 Å². The molecule has 0 bridgehead atoms. The van der Waals surface area contributed by atoms with E-state index < -0.39 is 5.91 Å². The molecule has 2 aromatic carbocycles. The van der Waals surface area contributed by atoms with Crippen LogP contribution in [0.25, 0.3) is 6.08 Å². The molecule has 0 saturated heterocycles. The fourth-order valence-corrected chi connectivity index (χ4v) is 4.17. The highest BCUT2D eigenvalue weighted by atomic mass is 79.9. The summed E-state index contributed by atoms with van der Waals surface area (Å²) in [5, 5.41) is 14.1. The van der Waals surface area contributed by atoms with Crippen LogP contribution in [0.4, 0.5) is 0 Å². The average Bonchev–Trinajstić information content (AvgIpc) is 3.19. The number of methoxy groups -OCH3 is 1. The molecular formula is C21H17BrN4O3S. The van der Waals surface area contributed by atoms with Gasteiger partial charge < -0.3 is 9.47 Å². The van der Waals surface area contributed by atoms with Crippen molar-refractivity contribution in [3.8, 4) is 11.5 Å². The van der Waals surface area contributed by atoms with Gasteiger partial charge in [0.05, 0.1) is 22.7 Å². The molecule has 0 aliphatic carbocycles. The summed E-state index contributed by atoms with van der Waals surface area (Å²) in [7, 11) is 1.56. The minimum Gasteiger partial charge on any atom is -0.493 e. The van der Waals surface area contributed by atoms with Crippen LogP contribution in [-0.4, -0.2) is 34.6 Å². The molecule has 1 amide bonds. The zero-order valence-electron chi connectivity index (χ0n) is 16.2. The van der Waals surface area contributed by atoms with Gasteiger partial charge >= 0.3 is 0 Å². The predicted molar refractivity (Wildman–Crippen MR) is 122 cm³/mol. The van der Waals surface area contributed by atoms with Gasteiger partial charge in [0.1, 0.15) is 6.61 Å². The summed E-state index contributed by atoms with van der Waals surface area (Å²) in [6.45, 7) is 2.43. The molecule has 9 heteroatoms. The van der Waals surface area contributed by atoms with Crippen LogP contribution >= 0.6 is 27.7 Å². The van der Waals surface area contributed by atoms with Crippen molar-refractivity contribution >= 4 is 56.2 Å². The number of aryl methyl sites for hydroxylation is 1. The van der Waals surface area contributed by atoms with E-state index in [1.165, 1.54) is 16.8 Å². The number of hydrazone groups is 1. The molecule has 0 saturated carbocycles. The van der Waals surface area contributed by atoms with E-state index in [2.05, 4.69) is 26.0 Å². The lowest BCUT2D eigenvalue weighted by Gasteiger charge is -2.20. The number of ether oxygens (including phenoxy) is 2. The number of amidine groups is 2. The van der Waals surface area contributed by atoms with Gasteiger partial charge in [0.2, 0.25) is 0 Å². The summed E-state index contributed by atoms with van der Waals surface area (Å²) in [5.41, 5.74) is 4.59. The van der Waals surface area contributed by atoms with Crippen molar-refractivity contribution < 1.29 is 14.3 Å². The monoisotopic (exact) mass is 484 g/mol. The number of nitrogens with zero attached hydrogens (tertiary/aromatic N) is 3. The van der Waals surface area contributed by atoms with Crippen molar-refractivity contribution in [2.24, 2.45) is 10.1 Å². The van der Waals surface area contributed by atoms with E-state index in [0.29, 0.717) is 33.3 Å². The number of hydrogen-bond donors (Lipinski definition) is 1. The molecule has 1 N–H and O–H groups in total. The number of hydrogen-bond acceptors (Lipinski definition) is 6. The zero-order valence-corrected chi connectivity index (χ0v) is 18.6. The van der Waals surface area contributed by atoms with Gasteiger partial charge in [-0.1, -0.05) is 24.3 Å². The second kappa shape index (κ2) is 8.45. The normalized spacial score (nSPS) is 16.7. The highest BCUT2D eigenvalue weighted by Gasteiger charge is 2.32. The molecule has 0 unspecified atom stereocenters. The maximum atomic E-state index is 12.4. The number of carbonyl (C=O) groups is 1. The van der Waals surface area contributed by atoms with Gasteiger partial charge in [-0.2, -0.15) is 15.1 Å². The summed E-state index contributed by atoms with van der Waals surface area (Å²) < 4.78 is 12.2. The third kappa shape index (κ3) is 3.90. The van der Waals surface area contributed by atoms with Crippen LogP contribution in [0.1, 0.15) is 16.7 Å². The SMILES string of the molecule is COc1cc(/C=C2\C(=N)N3N=CSC3=NC2=O)cc(Br)c1OCc1ccccc1C. The molecule has 0 atom stereocenters. The van der Waals surface area contributed by atoms with Crippen LogP contribution in [0.5, 0.6) is 11.5 Å². The fraction of sp³-hybridized carbons (Fsp3) is 0.143. The number of aliphatic imine (C=N–C) groups is 1. The lowest BCUT2D eigenvalue weighted by Crippen LogP contribution is -2.35. The Morgan fingerprint density at radius 1 is 1.30 bits per heavy atom. The maximum absolute atomic E-state index is 12.4. The second-order valence-corrected chi connectivity index (χ2v) is 8.17. The number of fused-ring (bicyclic) bond motifs is 1. The van der Waals surface area contributed by atoms with E-state index in [-0.39, 0.29) is 11.4 Å². The molecule has 4 rings (SSSR count). The highest BCUT2D eigenvalue weighted by molar-refractivity contribution is 9.10. The van der Waals surface area contributed by atoms with E-state index in [9.17, 15) is 4.79 Å². The molecule has 0 fully saturated rings. The van der Waals surface area contributed by atoms with Crippen LogP contribution in [0.2, 0.25) is 0 Å².